The van der Waals surface area contributed by atoms with E-state index < -0.39 is 28.5 Å². The third-order valence-corrected chi connectivity index (χ3v) is 8.24. The molecule has 7 nitrogen and oxygen atoms in total. The highest BCUT2D eigenvalue weighted by molar-refractivity contribution is 9.10. The maximum absolute atomic E-state index is 14.0. The Bertz CT molecular complexity index is 1390. The molecule has 38 heavy (non-hydrogen) atoms. The van der Waals surface area contributed by atoms with Gasteiger partial charge in [-0.1, -0.05) is 70.0 Å². The van der Waals surface area contributed by atoms with Gasteiger partial charge < -0.3 is 10.2 Å². The van der Waals surface area contributed by atoms with Gasteiger partial charge in [0.25, 0.3) is 0 Å². The summed E-state index contributed by atoms with van der Waals surface area (Å²) < 4.78 is 27.6. The van der Waals surface area contributed by atoms with E-state index in [4.69, 9.17) is 11.6 Å². The number of carbonyl (C=O) groups is 2. The molecule has 0 aliphatic rings. The van der Waals surface area contributed by atoms with Crippen LogP contribution in [0.4, 0.5) is 5.69 Å². The fraction of sp³-hybridized carbons (Fsp3) is 0.286. The molecular weight excluding hydrogens is 590 g/mol. The first kappa shape index (κ1) is 29.7. The van der Waals surface area contributed by atoms with Crippen molar-refractivity contribution in [1.29, 1.82) is 0 Å². The van der Waals surface area contributed by atoms with Crippen molar-refractivity contribution in [3.8, 4) is 0 Å². The molecule has 10 heteroatoms. The van der Waals surface area contributed by atoms with Crippen LogP contribution in [0, 0.1) is 6.92 Å². The molecule has 3 aromatic carbocycles. The average molecular weight is 621 g/mol. The van der Waals surface area contributed by atoms with Crippen LogP contribution in [0.5, 0.6) is 0 Å². The summed E-state index contributed by atoms with van der Waals surface area (Å²) in [4.78, 5) is 28.7. The minimum atomic E-state index is -3.82. The SMILES string of the molecule is CCNC(=O)C(Cc1ccccc1)N(Cc1cccc(Cl)c1)C(=O)CN(c1ccc(Br)c(C)c1)S(C)(=O)=O. The monoisotopic (exact) mass is 619 g/mol. The van der Waals surface area contributed by atoms with Crippen LogP contribution in [0.25, 0.3) is 0 Å². The predicted octanol–water partition coefficient (Wildman–Crippen LogP) is 4.95. The zero-order valence-electron chi connectivity index (χ0n) is 21.5. The highest BCUT2D eigenvalue weighted by Gasteiger charge is 2.33. The number of hydrogen-bond donors (Lipinski definition) is 1. The van der Waals surface area contributed by atoms with Gasteiger partial charge >= 0.3 is 0 Å². The summed E-state index contributed by atoms with van der Waals surface area (Å²) in [5.74, 6) is -0.833. The number of sulfonamides is 1. The number of halogens is 2. The van der Waals surface area contributed by atoms with E-state index in [9.17, 15) is 18.0 Å². The fourth-order valence-corrected chi connectivity index (χ4v) is 5.38. The number of amides is 2. The molecule has 0 radical (unpaired) electrons. The maximum Gasteiger partial charge on any atom is 0.244 e. The smallest absolute Gasteiger partial charge is 0.244 e. The van der Waals surface area contributed by atoms with Gasteiger partial charge in [-0.15, -0.1) is 0 Å². The maximum atomic E-state index is 14.0. The largest absolute Gasteiger partial charge is 0.355 e. The van der Waals surface area contributed by atoms with Crippen molar-refractivity contribution in [1.82, 2.24) is 10.2 Å². The third kappa shape index (κ3) is 8.06. The lowest BCUT2D eigenvalue weighted by atomic mass is 10.0. The summed E-state index contributed by atoms with van der Waals surface area (Å²) in [5, 5.41) is 3.33. The van der Waals surface area contributed by atoms with Crippen LogP contribution in [-0.4, -0.2) is 50.5 Å². The molecule has 0 aliphatic heterocycles. The first-order chi connectivity index (χ1) is 18.0. The summed E-state index contributed by atoms with van der Waals surface area (Å²) in [6.07, 6.45) is 1.32. The molecule has 2 amide bonds. The van der Waals surface area contributed by atoms with Crippen LogP contribution in [0.2, 0.25) is 5.02 Å². The number of nitrogens with zero attached hydrogens (tertiary/aromatic N) is 2. The first-order valence-electron chi connectivity index (χ1n) is 12.1. The van der Waals surface area contributed by atoms with Gasteiger partial charge in [0.1, 0.15) is 12.6 Å². The molecular formula is C28H31BrClN3O4S. The van der Waals surface area contributed by atoms with Crippen LogP contribution in [0.15, 0.2) is 77.3 Å². The topological polar surface area (TPSA) is 86.8 Å². The second kappa shape index (κ2) is 13.3. The van der Waals surface area contributed by atoms with Crippen molar-refractivity contribution < 1.29 is 18.0 Å². The Kier molecular flexibility index (Phi) is 10.4. The molecule has 1 atom stereocenters. The highest BCUT2D eigenvalue weighted by Crippen LogP contribution is 2.25. The number of rotatable bonds is 11. The molecule has 0 heterocycles. The molecule has 202 valence electrons. The van der Waals surface area contributed by atoms with Gasteiger partial charge in [-0.2, -0.15) is 0 Å². The van der Waals surface area contributed by atoms with E-state index >= 15 is 0 Å². The molecule has 0 fully saturated rings. The molecule has 3 aromatic rings. The van der Waals surface area contributed by atoms with E-state index in [2.05, 4.69) is 21.2 Å². The van der Waals surface area contributed by atoms with Crippen LogP contribution in [0.3, 0.4) is 0 Å². The Balaban J connectivity index is 2.05. The number of nitrogens with one attached hydrogen (secondary N) is 1. The Morgan fingerprint density at radius 3 is 2.29 bits per heavy atom. The number of likely N-dealkylation sites (N-methyl/N-ethyl adjacent to an activating group) is 1. The molecule has 3 rings (SSSR count). The van der Waals surface area contributed by atoms with Crippen molar-refractivity contribution in [2.75, 3.05) is 23.7 Å². The van der Waals surface area contributed by atoms with Crippen LogP contribution in [0.1, 0.15) is 23.6 Å². The number of benzene rings is 3. The highest BCUT2D eigenvalue weighted by atomic mass is 79.9. The van der Waals surface area contributed by atoms with Crippen molar-refractivity contribution in [2.45, 2.75) is 32.9 Å². The molecule has 0 saturated heterocycles. The van der Waals surface area contributed by atoms with E-state index in [0.29, 0.717) is 17.3 Å². The van der Waals surface area contributed by atoms with Gasteiger partial charge in [0.2, 0.25) is 21.8 Å². The van der Waals surface area contributed by atoms with Gasteiger partial charge in [0, 0.05) is 29.0 Å². The quantitative estimate of drug-likeness (QED) is 0.329. The Labute approximate surface area is 238 Å². The van der Waals surface area contributed by atoms with Gasteiger partial charge in [-0.3, -0.25) is 13.9 Å². The van der Waals surface area contributed by atoms with Crippen molar-refractivity contribution >= 4 is 55.1 Å². The van der Waals surface area contributed by atoms with Crippen molar-refractivity contribution in [3.63, 3.8) is 0 Å². The van der Waals surface area contributed by atoms with E-state index in [1.54, 1.807) is 36.4 Å². The Hall–Kier alpha value is -2.88. The van der Waals surface area contributed by atoms with E-state index in [1.165, 1.54) is 4.90 Å². The fourth-order valence-electron chi connectivity index (χ4n) is 4.08. The van der Waals surface area contributed by atoms with E-state index in [0.717, 1.165) is 31.7 Å². The number of anilines is 1. The van der Waals surface area contributed by atoms with Crippen LogP contribution >= 0.6 is 27.5 Å². The summed E-state index contributed by atoms with van der Waals surface area (Å²) in [6.45, 7) is 3.64. The standard InChI is InChI=1S/C28H31BrClN3O4S/c1-4-31-28(35)26(17-21-9-6-5-7-10-21)32(18-22-11-8-12-23(30)16-22)27(34)19-33(38(3,36)37)24-13-14-25(29)20(2)15-24/h5-16,26H,4,17-19H2,1-3H3,(H,31,35). The Morgan fingerprint density at radius 2 is 1.68 bits per heavy atom. The number of carbonyl (C=O) groups excluding carboxylic acids is 2. The molecule has 1 unspecified atom stereocenters. The second-order valence-electron chi connectivity index (χ2n) is 8.95. The van der Waals surface area contributed by atoms with Crippen molar-refractivity contribution in [3.05, 3.63) is 99.0 Å². The molecule has 0 bridgehead atoms. The number of aryl methyl sites for hydroxylation is 1. The predicted molar refractivity (Wildman–Crippen MR) is 156 cm³/mol. The van der Waals surface area contributed by atoms with Gasteiger partial charge in [-0.25, -0.2) is 8.42 Å². The van der Waals surface area contributed by atoms with Crippen molar-refractivity contribution in [2.24, 2.45) is 0 Å². The second-order valence-corrected chi connectivity index (χ2v) is 12.2. The molecule has 0 aromatic heterocycles. The summed E-state index contributed by atoms with van der Waals surface area (Å²) in [5.41, 5.74) is 2.78. The first-order valence-corrected chi connectivity index (χ1v) is 15.1. The third-order valence-electron chi connectivity index (χ3n) is 5.97. The zero-order chi connectivity index (χ0) is 27.9. The zero-order valence-corrected chi connectivity index (χ0v) is 24.7. The molecule has 0 spiro atoms. The minimum absolute atomic E-state index is 0.0744. The van der Waals surface area contributed by atoms with Crippen LogP contribution < -0.4 is 9.62 Å². The summed E-state index contributed by atoms with van der Waals surface area (Å²) in [7, 11) is -3.82. The van der Waals surface area contributed by atoms with Gasteiger partial charge in [0.05, 0.1) is 11.9 Å². The van der Waals surface area contributed by atoms with Gasteiger partial charge in [0.15, 0.2) is 0 Å². The summed E-state index contributed by atoms with van der Waals surface area (Å²) in [6, 6.07) is 20.6. The average Bonchev–Trinajstić information content (AvgIpc) is 2.86. The summed E-state index contributed by atoms with van der Waals surface area (Å²) >= 11 is 9.64. The normalized spacial score (nSPS) is 12.0. The van der Waals surface area contributed by atoms with Gasteiger partial charge in [-0.05, 0) is 60.9 Å². The minimum Gasteiger partial charge on any atom is -0.355 e. The molecule has 1 N–H and O–H groups in total. The lowest BCUT2D eigenvalue weighted by Gasteiger charge is -2.33. The molecule has 0 saturated carbocycles. The lowest BCUT2D eigenvalue weighted by Crippen LogP contribution is -2.53. The number of hydrogen-bond acceptors (Lipinski definition) is 4. The van der Waals surface area contributed by atoms with Crippen LogP contribution in [-0.2, 0) is 32.6 Å². The van der Waals surface area contributed by atoms with E-state index in [1.807, 2.05) is 50.2 Å². The van der Waals surface area contributed by atoms with E-state index in [-0.39, 0.29) is 18.9 Å². The Morgan fingerprint density at radius 1 is 1.00 bits per heavy atom. The lowest BCUT2D eigenvalue weighted by molar-refractivity contribution is -0.140. The molecule has 0 aliphatic carbocycles.